The highest BCUT2D eigenvalue weighted by Gasteiger charge is 2.40. The van der Waals surface area contributed by atoms with Crippen molar-refractivity contribution in [1.29, 1.82) is 0 Å². The van der Waals surface area contributed by atoms with Crippen LogP contribution in [0.25, 0.3) is 0 Å². The van der Waals surface area contributed by atoms with Crippen LogP contribution in [-0.2, 0) is 16.1 Å². The Balaban J connectivity index is 1.43. The average molecular weight is 421 g/mol. The van der Waals surface area contributed by atoms with Crippen molar-refractivity contribution in [3.05, 3.63) is 77.0 Å². The summed E-state index contributed by atoms with van der Waals surface area (Å²) < 4.78 is 11.2. The maximum Gasteiger partial charge on any atom is 0.319 e. The predicted octanol–water partition coefficient (Wildman–Crippen LogP) is 3.14. The van der Waals surface area contributed by atoms with E-state index in [0.717, 1.165) is 23.3 Å². The Hall–Kier alpha value is -3.32. The quantitative estimate of drug-likeness (QED) is 0.610. The van der Waals surface area contributed by atoms with Gasteiger partial charge in [0.2, 0.25) is 0 Å². The van der Waals surface area contributed by atoms with E-state index < -0.39 is 6.04 Å². The lowest BCUT2D eigenvalue weighted by Gasteiger charge is -2.25. The van der Waals surface area contributed by atoms with Crippen LogP contribution in [0, 0.1) is 0 Å². The molecule has 0 aromatic heterocycles. The molecule has 0 saturated heterocycles. The molecule has 0 unspecified atom stereocenters. The van der Waals surface area contributed by atoms with Crippen LogP contribution < -0.4 is 15.4 Å². The number of nitrogens with zero attached hydrogens (tertiary/aromatic N) is 1. The summed E-state index contributed by atoms with van der Waals surface area (Å²) in [6.45, 7) is 4.72. The number of benzene rings is 2. The minimum Gasteiger partial charge on any atom is -0.489 e. The van der Waals surface area contributed by atoms with Crippen LogP contribution in [0.5, 0.6) is 5.75 Å². The molecule has 2 aliphatic rings. The fourth-order valence-electron chi connectivity index (χ4n) is 3.86. The van der Waals surface area contributed by atoms with Gasteiger partial charge in [0.05, 0.1) is 23.9 Å². The molecule has 2 heterocycles. The van der Waals surface area contributed by atoms with E-state index in [1.807, 2.05) is 61.5 Å². The minimum absolute atomic E-state index is 0.0478. The fraction of sp³-hybridized carbons (Fsp3) is 0.333. The monoisotopic (exact) mass is 421 g/mol. The normalized spacial score (nSPS) is 18.0. The highest BCUT2D eigenvalue weighted by molar-refractivity contribution is 6.01. The number of nitrogens with one attached hydrogen (secondary N) is 2. The second kappa shape index (κ2) is 9.66. The first-order valence-corrected chi connectivity index (χ1v) is 10.6. The average Bonchev–Trinajstić information content (AvgIpc) is 3.11. The third-order valence-electron chi connectivity index (χ3n) is 5.40. The van der Waals surface area contributed by atoms with E-state index in [-0.39, 0.29) is 11.9 Å². The van der Waals surface area contributed by atoms with Gasteiger partial charge in [-0.25, -0.2) is 4.79 Å². The number of carbonyl (C=O) groups excluding carboxylic acids is 2. The van der Waals surface area contributed by atoms with Gasteiger partial charge in [0.15, 0.2) is 0 Å². The first kappa shape index (κ1) is 20.9. The number of rotatable bonds is 9. The Morgan fingerprint density at radius 1 is 1.06 bits per heavy atom. The summed E-state index contributed by atoms with van der Waals surface area (Å²) in [4.78, 5) is 27.0. The summed E-state index contributed by atoms with van der Waals surface area (Å²) in [6.07, 6.45) is 0.764. The molecule has 0 fully saturated rings. The maximum atomic E-state index is 13.0. The van der Waals surface area contributed by atoms with Gasteiger partial charge in [-0.2, -0.15) is 0 Å². The molecule has 0 spiro atoms. The van der Waals surface area contributed by atoms with Gasteiger partial charge in [-0.05, 0) is 36.6 Å². The largest absolute Gasteiger partial charge is 0.489 e. The van der Waals surface area contributed by atoms with Crippen molar-refractivity contribution in [3.8, 4) is 5.75 Å². The number of carbonyl (C=O) groups is 2. The number of amides is 3. The van der Waals surface area contributed by atoms with Gasteiger partial charge in [0, 0.05) is 19.8 Å². The molecule has 0 aliphatic carbocycles. The van der Waals surface area contributed by atoms with Crippen LogP contribution in [0.2, 0.25) is 0 Å². The van der Waals surface area contributed by atoms with E-state index >= 15 is 0 Å². The summed E-state index contributed by atoms with van der Waals surface area (Å²) in [5.74, 6) is 0.686. The zero-order valence-electron chi connectivity index (χ0n) is 17.6. The van der Waals surface area contributed by atoms with Gasteiger partial charge in [-0.1, -0.05) is 42.5 Å². The molecule has 31 heavy (non-hydrogen) atoms. The topological polar surface area (TPSA) is 79.9 Å². The number of ether oxygens (including phenoxy) is 2. The SMILES string of the molecule is CCOCCCN1CC2=C(C1=O)[C@H](c1ccc(OCc3ccccc3)cc1)NC(=O)N2. The maximum absolute atomic E-state index is 13.0. The number of hydrogen-bond acceptors (Lipinski definition) is 4. The van der Waals surface area contributed by atoms with E-state index in [4.69, 9.17) is 9.47 Å². The molecule has 7 nitrogen and oxygen atoms in total. The van der Waals surface area contributed by atoms with E-state index in [2.05, 4.69) is 10.6 Å². The van der Waals surface area contributed by atoms with Crippen molar-refractivity contribution in [3.63, 3.8) is 0 Å². The van der Waals surface area contributed by atoms with Crippen LogP contribution in [0.3, 0.4) is 0 Å². The Bertz CT molecular complexity index is 957. The molecule has 4 rings (SSSR count). The zero-order valence-corrected chi connectivity index (χ0v) is 17.6. The molecule has 2 aliphatic heterocycles. The van der Waals surface area contributed by atoms with Crippen molar-refractivity contribution >= 4 is 11.9 Å². The van der Waals surface area contributed by atoms with Crippen LogP contribution in [-0.4, -0.2) is 43.1 Å². The van der Waals surface area contributed by atoms with Crippen molar-refractivity contribution in [2.24, 2.45) is 0 Å². The third kappa shape index (κ3) is 4.88. The minimum atomic E-state index is -0.476. The molecule has 0 radical (unpaired) electrons. The van der Waals surface area contributed by atoms with Crippen molar-refractivity contribution in [2.45, 2.75) is 26.0 Å². The molecule has 0 saturated carbocycles. The second-order valence-electron chi connectivity index (χ2n) is 7.54. The smallest absolute Gasteiger partial charge is 0.319 e. The molecule has 2 aromatic rings. The Labute approximate surface area is 182 Å². The Morgan fingerprint density at radius 2 is 1.84 bits per heavy atom. The second-order valence-corrected chi connectivity index (χ2v) is 7.54. The molecular formula is C24H27N3O4. The van der Waals surface area contributed by atoms with Crippen LogP contribution in [0.15, 0.2) is 65.9 Å². The van der Waals surface area contributed by atoms with Gasteiger partial charge >= 0.3 is 6.03 Å². The molecule has 3 amide bonds. The van der Waals surface area contributed by atoms with Gasteiger partial charge in [-0.15, -0.1) is 0 Å². The Morgan fingerprint density at radius 3 is 2.58 bits per heavy atom. The number of urea groups is 1. The summed E-state index contributed by atoms with van der Waals surface area (Å²) in [7, 11) is 0. The molecule has 0 bridgehead atoms. The lowest BCUT2D eigenvalue weighted by atomic mass is 9.96. The Kier molecular flexibility index (Phi) is 6.52. The molecule has 1 atom stereocenters. The highest BCUT2D eigenvalue weighted by Crippen LogP contribution is 2.33. The summed E-state index contributed by atoms with van der Waals surface area (Å²) in [6, 6.07) is 16.7. The molecule has 2 N–H and O–H groups in total. The highest BCUT2D eigenvalue weighted by atomic mass is 16.5. The van der Waals surface area contributed by atoms with Crippen molar-refractivity contribution in [1.82, 2.24) is 15.5 Å². The van der Waals surface area contributed by atoms with Crippen LogP contribution >= 0.6 is 0 Å². The van der Waals surface area contributed by atoms with Crippen LogP contribution in [0.4, 0.5) is 4.79 Å². The molecule has 162 valence electrons. The van der Waals surface area contributed by atoms with E-state index in [9.17, 15) is 9.59 Å². The lowest BCUT2D eigenvalue weighted by Crippen LogP contribution is -2.44. The fourth-order valence-corrected chi connectivity index (χ4v) is 3.86. The lowest BCUT2D eigenvalue weighted by molar-refractivity contribution is -0.126. The van der Waals surface area contributed by atoms with Gasteiger partial charge < -0.3 is 25.0 Å². The van der Waals surface area contributed by atoms with E-state index in [1.165, 1.54) is 0 Å². The first-order chi connectivity index (χ1) is 15.2. The van der Waals surface area contributed by atoms with Gasteiger partial charge in [0.1, 0.15) is 12.4 Å². The summed E-state index contributed by atoms with van der Waals surface area (Å²) in [5, 5.41) is 5.69. The van der Waals surface area contributed by atoms with Crippen molar-refractivity contribution in [2.75, 3.05) is 26.3 Å². The van der Waals surface area contributed by atoms with E-state index in [1.54, 1.807) is 4.90 Å². The summed E-state index contributed by atoms with van der Waals surface area (Å²) >= 11 is 0. The first-order valence-electron chi connectivity index (χ1n) is 10.6. The standard InChI is InChI=1S/C24H27N3O4/c1-2-30-14-6-13-27-15-20-21(23(27)28)22(26-24(29)25-20)18-9-11-19(12-10-18)31-16-17-7-4-3-5-8-17/h3-5,7-12,22H,2,6,13-16H2,1H3,(H2,25,26,29)/t22-/m0/s1. The predicted molar refractivity (Wildman–Crippen MR) is 116 cm³/mol. The van der Waals surface area contributed by atoms with Gasteiger partial charge in [-0.3, -0.25) is 4.79 Å². The molecular weight excluding hydrogens is 394 g/mol. The molecule has 7 heteroatoms. The summed E-state index contributed by atoms with van der Waals surface area (Å²) in [5.41, 5.74) is 3.22. The third-order valence-corrected chi connectivity index (χ3v) is 5.40. The number of hydrogen-bond donors (Lipinski definition) is 2. The van der Waals surface area contributed by atoms with Crippen molar-refractivity contribution < 1.29 is 19.1 Å². The van der Waals surface area contributed by atoms with E-state index in [0.29, 0.717) is 44.2 Å². The zero-order chi connectivity index (χ0) is 21.6. The molecule has 2 aromatic carbocycles. The van der Waals surface area contributed by atoms with Gasteiger partial charge in [0.25, 0.3) is 5.91 Å². The van der Waals surface area contributed by atoms with Crippen LogP contribution in [0.1, 0.15) is 30.5 Å².